The van der Waals surface area contributed by atoms with Crippen LogP contribution in [0.5, 0.6) is 0 Å². The molecule has 1 aromatic rings. The predicted molar refractivity (Wildman–Crippen MR) is 66.3 cm³/mol. The lowest BCUT2D eigenvalue weighted by Crippen LogP contribution is -2.52. The van der Waals surface area contributed by atoms with Crippen LogP contribution in [0.25, 0.3) is 0 Å². The summed E-state index contributed by atoms with van der Waals surface area (Å²) in [7, 11) is 0. The first-order chi connectivity index (χ1) is 7.55. The van der Waals surface area contributed by atoms with Gasteiger partial charge in [-0.15, -0.1) is 0 Å². The fourth-order valence-corrected chi connectivity index (χ4v) is 2.70. The number of hydrogen-bond donors (Lipinski definition) is 2. The number of nitrogens with one attached hydrogen (secondary N) is 1. The Morgan fingerprint density at radius 2 is 1.62 bits per heavy atom. The van der Waals surface area contributed by atoms with E-state index in [4.69, 9.17) is 0 Å². The highest BCUT2D eigenvalue weighted by atomic mass is 16.3. The molecule has 16 heavy (non-hydrogen) atoms. The summed E-state index contributed by atoms with van der Waals surface area (Å²) in [6.45, 7) is 8.07. The molecule has 0 radical (unpaired) electrons. The molecule has 1 aliphatic heterocycles. The zero-order chi connectivity index (χ0) is 11.8. The minimum Gasteiger partial charge on any atom is -0.385 e. The molecule has 1 aromatic carbocycles. The van der Waals surface area contributed by atoms with Crippen molar-refractivity contribution < 1.29 is 5.11 Å². The fraction of sp³-hybridized carbons (Fsp3) is 0.571. The van der Waals surface area contributed by atoms with Crippen LogP contribution in [0.15, 0.2) is 24.3 Å². The van der Waals surface area contributed by atoms with Crippen LogP contribution in [-0.4, -0.2) is 18.2 Å². The minimum atomic E-state index is -0.682. The Hall–Kier alpha value is -0.860. The minimum absolute atomic E-state index is 0.249. The van der Waals surface area contributed by atoms with Crippen LogP contribution in [0.3, 0.4) is 0 Å². The molecule has 0 saturated carbocycles. The molecule has 2 rings (SSSR count). The Bertz CT molecular complexity index is 348. The van der Waals surface area contributed by atoms with E-state index in [2.05, 4.69) is 50.4 Å². The van der Waals surface area contributed by atoms with E-state index in [9.17, 15) is 5.11 Å². The van der Waals surface area contributed by atoms with E-state index in [1.165, 1.54) is 5.56 Å². The van der Waals surface area contributed by atoms with Gasteiger partial charge in [0.1, 0.15) is 0 Å². The number of piperidine rings is 1. The number of aryl methyl sites for hydroxylation is 1. The first-order valence-electron chi connectivity index (χ1n) is 6.05. The molecule has 0 aromatic heterocycles. The molecular weight excluding hydrogens is 198 g/mol. The van der Waals surface area contributed by atoms with Gasteiger partial charge >= 0.3 is 0 Å². The maximum absolute atomic E-state index is 10.9. The molecule has 2 heteroatoms. The highest BCUT2D eigenvalue weighted by Crippen LogP contribution is 2.38. The summed E-state index contributed by atoms with van der Waals surface area (Å²) in [5.41, 5.74) is 1.61. The van der Waals surface area contributed by atoms with E-state index in [0.717, 1.165) is 18.7 Å². The molecule has 1 unspecified atom stereocenters. The third-order valence-electron chi connectivity index (χ3n) is 3.92. The van der Waals surface area contributed by atoms with Gasteiger partial charge in [0.25, 0.3) is 0 Å². The second kappa shape index (κ2) is 4.19. The lowest BCUT2D eigenvalue weighted by molar-refractivity contribution is -0.0806. The van der Waals surface area contributed by atoms with Crippen molar-refractivity contribution in [3.63, 3.8) is 0 Å². The SMILES string of the molecule is Cc1ccc(C2(O)[C@H](C)CNC[C@@H]2C)cc1. The second-order valence-electron chi connectivity index (χ2n) is 5.15. The largest absolute Gasteiger partial charge is 0.385 e. The second-order valence-corrected chi connectivity index (χ2v) is 5.15. The van der Waals surface area contributed by atoms with Crippen molar-refractivity contribution in [1.82, 2.24) is 5.32 Å². The lowest BCUT2D eigenvalue weighted by atomic mass is 9.71. The van der Waals surface area contributed by atoms with E-state index in [-0.39, 0.29) is 11.8 Å². The van der Waals surface area contributed by atoms with Gasteiger partial charge in [0.05, 0.1) is 5.60 Å². The molecule has 0 bridgehead atoms. The zero-order valence-corrected chi connectivity index (χ0v) is 10.3. The Morgan fingerprint density at radius 1 is 1.12 bits per heavy atom. The normalized spacial score (nSPS) is 35.0. The first-order valence-corrected chi connectivity index (χ1v) is 6.05. The Labute approximate surface area is 97.7 Å². The van der Waals surface area contributed by atoms with Crippen LogP contribution in [0.4, 0.5) is 0 Å². The summed E-state index contributed by atoms with van der Waals surface area (Å²) in [5, 5.41) is 14.3. The summed E-state index contributed by atoms with van der Waals surface area (Å²) in [5.74, 6) is 0.498. The van der Waals surface area contributed by atoms with Crippen LogP contribution in [0.1, 0.15) is 25.0 Å². The monoisotopic (exact) mass is 219 g/mol. The van der Waals surface area contributed by atoms with Gasteiger partial charge in [0.15, 0.2) is 0 Å². The molecule has 88 valence electrons. The van der Waals surface area contributed by atoms with Gasteiger partial charge in [-0.2, -0.15) is 0 Å². The quantitative estimate of drug-likeness (QED) is 0.757. The molecule has 2 N–H and O–H groups in total. The average molecular weight is 219 g/mol. The van der Waals surface area contributed by atoms with Gasteiger partial charge in [0, 0.05) is 24.9 Å². The van der Waals surface area contributed by atoms with Crippen molar-refractivity contribution in [2.24, 2.45) is 11.8 Å². The summed E-state index contributed by atoms with van der Waals surface area (Å²) in [6, 6.07) is 8.28. The maximum atomic E-state index is 10.9. The summed E-state index contributed by atoms with van der Waals surface area (Å²) in [6.07, 6.45) is 0. The number of rotatable bonds is 1. The molecule has 0 amide bonds. The Balaban J connectivity index is 2.38. The summed E-state index contributed by atoms with van der Waals surface area (Å²) < 4.78 is 0. The van der Waals surface area contributed by atoms with Gasteiger partial charge in [-0.05, 0) is 12.5 Å². The van der Waals surface area contributed by atoms with Crippen molar-refractivity contribution in [3.05, 3.63) is 35.4 Å². The molecule has 1 saturated heterocycles. The Morgan fingerprint density at radius 3 is 2.12 bits per heavy atom. The zero-order valence-electron chi connectivity index (χ0n) is 10.3. The van der Waals surface area contributed by atoms with E-state index in [1.807, 2.05) is 0 Å². The van der Waals surface area contributed by atoms with E-state index >= 15 is 0 Å². The number of hydrogen-bond acceptors (Lipinski definition) is 2. The van der Waals surface area contributed by atoms with Gasteiger partial charge in [-0.3, -0.25) is 0 Å². The van der Waals surface area contributed by atoms with Gasteiger partial charge < -0.3 is 10.4 Å². The van der Waals surface area contributed by atoms with E-state index in [0.29, 0.717) is 0 Å². The van der Waals surface area contributed by atoms with E-state index in [1.54, 1.807) is 0 Å². The smallest absolute Gasteiger partial charge is 0.0971 e. The third kappa shape index (κ3) is 1.76. The van der Waals surface area contributed by atoms with Crippen molar-refractivity contribution in [1.29, 1.82) is 0 Å². The molecule has 3 atom stereocenters. The fourth-order valence-electron chi connectivity index (χ4n) is 2.70. The van der Waals surface area contributed by atoms with Crippen LogP contribution < -0.4 is 5.32 Å². The van der Waals surface area contributed by atoms with Crippen molar-refractivity contribution in [3.8, 4) is 0 Å². The maximum Gasteiger partial charge on any atom is 0.0971 e. The summed E-state index contributed by atoms with van der Waals surface area (Å²) in [4.78, 5) is 0. The first kappa shape index (κ1) is 11.6. The van der Waals surface area contributed by atoms with E-state index < -0.39 is 5.60 Å². The predicted octanol–water partition coefficient (Wildman–Crippen LogP) is 2.06. The molecule has 1 fully saturated rings. The molecule has 2 nitrogen and oxygen atoms in total. The van der Waals surface area contributed by atoms with Crippen LogP contribution in [0, 0.1) is 18.8 Å². The average Bonchev–Trinajstić information content (AvgIpc) is 2.27. The van der Waals surface area contributed by atoms with Crippen molar-refractivity contribution in [2.75, 3.05) is 13.1 Å². The number of benzene rings is 1. The molecular formula is C14H21NO. The van der Waals surface area contributed by atoms with Crippen molar-refractivity contribution in [2.45, 2.75) is 26.4 Å². The topological polar surface area (TPSA) is 32.3 Å². The standard InChI is InChI=1S/C14H21NO/c1-10-4-6-13(7-5-10)14(16)11(2)8-15-9-12(14)3/h4-7,11-12,15-16H,8-9H2,1-3H3/t11-,12+,14?. The highest BCUT2D eigenvalue weighted by Gasteiger charge is 2.43. The number of aliphatic hydroxyl groups is 1. The van der Waals surface area contributed by atoms with Crippen molar-refractivity contribution >= 4 is 0 Å². The molecule has 0 spiro atoms. The molecule has 1 aliphatic rings. The Kier molecular flexibility index (Phi) is 3.04. The lowest BCUT2D eigenvalue weighted by Gasteiger charge is -2.44. The molecule has 0 aliphatic carbocycles. The van der Waals surface area contributed by atoms with Crippen LogP contribution in [0.2, 0.25) is 0 Å². The van der Waals surface area contributed by atoms with Crippen LogP contribution >= 0.6 is 0 Å². The van der Waals surface area contributed by atoms with Crippen LogP contribution in [-0.2, 0) is 5.60 Å². The third-order valence-corrected chi connectivity index (χ3v) is 3.92. The summed E-state index contributed by atoms with van der Waals surface area (Å²) >= 11 is 0. The highest BCUT2D eigenvalue weighted by molar-refractivity contribution is 5.28. The molecule has 1 heterocycles. The van der Waals surface area contributed by atoms with Gasteiger partial charge in [-0.25, -0.2) is 0 Å². The van der Waals surface area contributed by atoms with Gasteiger partial charge in [0.2, 0.25) is 0 Å². The van der Waals surface area contributed by atoms with Gasteiger partial charge in [-0.1, -0.05) is 43.7 Å².